The lowest BCUT2D eigenvalue weighted by atomic mass is 10.0. The molecule has 4 aromatic rings. The number of imidazole rings is 1. The highest BCUT2D eigenvalue weighted by atomic mass is 16.5. The Morgan fingerprint density at radius 1 is 1.10 bits per heavy atom. The summed E-state index contributed by atoms with van der Waals surface area (Å²) < 4.78 is 7.95. The summed E-state index contributed by atoms with van der Waals surface area (Å²) in [4.78, 5) is 24.6. The maximum absolute atomic E-state index is 12.7. The van der Waals surface area contributed by atoms with Crippen molar-refractivity contribution in [2.45, 2.75) is 46.8 Å². The van der Waals surface area contributed by atoms with E-state index in [1.165, 1.54) is 0 Å². The van der Waals surface area contributed by atoms with Gasteiger partial charge in [-0.05, 0) is 49.1 Å². The molecule has 2 heterocycles. The smallest absolute Gasteiger partial charge is 0.277 e. The van der Waals surface area contributed by atoms with E-state index >= 15 is 0 Å². The first-order valence-electron chi connectivity index (χ1n) is 10.3. The third kappa shape index (κ3) is 3.99. The molecular weight excluding hydrogens is 376 g/mol. The molecule has 0 bridgehead atoms. The predicted octanol–water partition coefficient (Wildman–Crippen LogP) is 4.78. The fourth-order valence-electron chi connectivity index (χ4n) is 3.67. The van der Waals surface area contributed by atoms with Crippen LogP contribution in [0.25, 0.3) is 22.6 Å². The number of hydrogen-bond acceptors (Lipinski definition) is 4. The maximum Gasteiger partial charge on any atom is 0.277 e. The minimum atomic E-state index is -0.164. The van der Waals surface area contributed by atoms with Gasteiger partial charge in [-0.1, -0.05) is 43.7 Å². The van der Waals surface area contributed by atoms with Gasteiger partial charge in [-0.25, -0.2) is 9.97 Å². The van der Waals surface area contributed by atoms with Crippen molar-refractivity contribution in [2.75, 3.05) is 0 Å². The molecule has 1 N–H and O–H groups in total. The largest absolute Gasteiger partial charge is 0.488 e. The van der Waals surface area contributed by atoms with E-state index in [1.54, 1.807) is 6.33 Å². The third-order valence-electron chi connectivity index (χ3n) is 5.20. The first kappa shape index (κ1) is 19.9. The Kier molecular flexibility index (Phi) is 5.65. The molecule has 0 aliphatic heterocycles. The zero-order valence-electron chi connectivity index (χ0n) is 17.6. The summed E-state index contributed by atoms with van der Waals surface area (Å²) in [6.07, 6.45) is 3.75. The van der Waals surface area contributed by atoms with E-state index in [0.717, 1.165) is 47.4 Å². The summed E-state index contributed by atoms with van der Waals surface area (Å²) in [6, 6.07) is 14.1. The second-order valence-electron chi connectivity index (χ2n) is 7.59. The summed E-state index contributed by atoms with van der Waals surface area (Å²) in [5.41, 5.74) is 4.81. The molecule has 0 spiro atoms. The van der Waals surface area contributed by atoms with Crippen LogP contribution < -0.4 is 10.3 Å². The molecule has 0 unspecified atom stereocenters. The van der Waals surface area contributed by atoms with E-state index in [1.807, 2.05) is 60.9 Å². The number of hydrogen-bond donors (Lipinski definition) is 1. The molecule has 154 valence electrons. The zero-order valence-corrected chi connectivity index (χ0v) is 17.6. The van der Waals surface area contributed by atoms with Crippen molar-refractivity contribution >= 4 is 11.2 Å². The average Bonchev–Trinajstić information content (AvgIpc) is 3.16. The van der Waals surface area contributed by atoms with Gasteiger partial charge < -0.3 is 14.3 Å². The molecule has 0 aliphatic rings. The summed E-state index contributed by atoms with van der Waals surface area (Å²) >= 11 is 0. The van der Waals surface area contributed by atoms with Gasteiger partial charge in [0.1, 0.15) is 18.2 Å². The molecule has 30 heavy (non-hydrogen) atoms. The van der Waals surface area contributed by atoms with E-state index in [4.69, 9.17) is 4.74 Å². The van der Waals surface area contributed by atoms with Gasteiger partial charge in [0.15, 0.2) is 11.2 Å². The number of aryl methyl sites for hydroxylation is 3. The van der Waals surface area contributed by atoms with Gasteiger partial charge in [0.2, 0.25) is 0 Å². The predicted molar refractivity (Wildman–Crippen MR) is 119 cm³/mol. The highest BCUT2D eigenvalue weighted by Crippen LogP contribution is 2.29. The number of fused-ring (bicyclic) bond motifs is 1. The molecule has 6 nitrogen and oxygen atoms in total. The van der Waals surface area contributed by atoms with Crippen LogP contribution in [-0.2, 0) is 13.2 Å². The molecule has 0 saturated carbocycles. The van der Waals surface area contributed by atoms with Crippen LogP contribution in [0.1, 0.15) is 36.5 Å². The number of aromatic nitrogens is 4. The van der Waals surface area contributed by atoms with Crippen molar-refractivity contribution in [1.82, 2.24) is 19.5 Å². The van der Waals surface area contributed by atoms with Crippen molar-refractivity contribution in [3.8, 4) is 17.1 Å². The van der Waals surface area contributed by atoms with Crippen LogP contribution in [0.2, 0.25) is 0 Å². The molecule has 6 heteroatoms. The number of nitrogens with zero attached hydrogens (tertiary/aromatic N) is 3. The van der Waals surface area contributed by atoms with E-state index in [0.29, 0.717) is 23.6 Å². The van der Waals surface area contributed by atoms with Gasteiger partial charge in [-0.3, -0.25) is 4.79 Å². The topological polar surface area (TPSA) is 72.8 Å². The lowest BCUT2D eigenvalue weighted by Crippen LogP contribution is -2.13. The SMILES string of the molecule is CCCCn1cnc2nc(-c3cc(C)c(OCc4ccccc4)c(C)c3)[nH]c(=O)c21. The normalized spacial score (nSPS) is 11.2. The Bertz CT molecular complexity index is 1200. The lowest BCUT2D eigenvalue weighted by Gasteiger charge is -2.14. The van der Waals surface area contributed by atoms with Crippen LogP contribution in [0, 0.1) is 13.8 Å². The Morgan fingerprint density at radius 3 is 2.53 bits per heavy atom. The fourth-order valence-corrected chi connectivity index (χ4v) is 3.67. The molecule has 0 amide bonds. The Balaban J connectivity index is 1.64. The lowest BCUT2D eigenvalue weighted by molar-refractivity contribution is 0.302. The van der Waals surface area contributed by atoms with Crippen molar-refractivity contribution in [1.29, 1.82) is 0 Å². The summed E-state index contributed by atoms with van der Waals surface area (Å²) in [5, 5.41) is 0. The van der Waals surface area contributed by atoms with Gasteiger partial charge in [0, 0.05) is 12.1 Å². The molecule has 0 saturated heterocycles. The van der Waals surface area contributed by atoms with Crippen molar-refractivity contribution in [3.05, 3.63) is 75.8 Å². The minimum absolute atomic E-state index is 0.164. The number of aromatic amines is 1. The van der Waals surface area contributed by atoms with Gasteiger partial charge in [0.05, 0.1) is 6.33 Å². The molecule has 0 atom stereocenters. The Morgan fingerprint density at radius 2 is 1.83 bits per heavy atom. The second-order valence-corrected chi connectivity index (χ2v) is 7.59. The van der Waals surface area contributed by atoms with Crippen molar-refractivity contribution in [2.24, 2.45) is 0 Å². The summed E-state index contributed by atoms with van der Waals surface area (Å²) in [6.45, 7) is 7.42. The molecule has 2 aromatic carbocycles. The Hall–Kier alpha value is -3.41. The second kappa shape index (κ2) is 8.53. The number of rotatable bonds is 7. The highest BCUT2D eigenvalue weighted by Gasteiger charge is 2.14. The van der Waals surface area contributed by atoms with Crippen LogP contribution in [-0.4, -0.2) is 19.5 Å². The van der Waals surface area contributed by atoms with E-state index in [2.05, 4.69) is 21.9 Å². The minimum Gasteiger partial charge on any atom is -0.488 e. The van der Waals surface area contributed by atoms with Crippen molar-refractivity contribution in [3.63, 3.8) is 0 Å². The molecule has 0 fully saturated rings. The first-order valence-corrected chi connectivity index (χ1v) is 10.3. The van der Waals surface area contributed by atoms with Gasteiger partial charge in [-0.15, -0.1) is 0 Å². The summed E-state index contributed by atoms with van der Waals surface area (Å²) in [7, 11) is 0. The van der Waals surface area contributed by atoms with Gasteiger partial charge in [-0.2, -0.15) is 0 Å². The first-order chi connectivity index (χ1) is 14.6. The molecule has 0 aliphatic carbocycles. The number of unbranched alkanes of at least 4 members (excludes halogenated alkanes) is 1. The summed E-state index contributed by atoms with van der Waals surface area (Å²) in [5.74, 6) is 1.38. The molecule has 4 rings (SSSR count). The third-order valence-corrected chi connectivity index (χ3v) is 5.20. The quantitative estimate of drug-likeness (QED) is 0.483. The van der Waals surface area contributed by atoms with Crippen LogP contribution in [0.4, 0.5) is 0 Å². The van der Waals surface area contributed by atoms with Crippen LogP contribution in [0.15, 0.2) is 53.6 Å². The zero-order chi connectivity index (χ0) is 21.1. The number of nitrogens with one attached hydrogen (secondary N) is 1. The highest BCUT2D eigenvalue weighted by molar-refractivity contribution is 5.73. The molecule has 2 aromatic heterocycles. The fraction of sp³-hybridized carbons (Fsp3) is 0.292. The monoisotopic (exact) mass is 402 g/mol. The van der Waals surface area contributed by atoms with E-state index in [9.17, 15) is 4.79 Å². The van der Waals surface area contributed by atoms with Gasteiger partial charge >= 0.3 is 0 Å². The van der Waals surface area contributed by atoms with E-state index < -0.39 is 0 Å². The molecule has 0 radical (unpaired) electrons. The van der Waals surface area contributed by atoms with Crippen molar-refractivity contribution < 1.29 is 4.74 Å². The van der Waals surface area contributed by atoms with Crippen LogP contribution in [0.5, 0.6) is 5.75 Å². The number of ether oxygens (including phenoxy) is 1. The van der Waals surface area contributed by atoms with Crippen LogP contribution >= 0.6 is 0 Å². The van der Waals surface area contributed by atoms with Gasteiger partial charge in [0.25, 0.3) is 5.56 Å². The Labute approximate surface area is 175 Å². The average molecular weight is 402 g/mol. The number of benzene rings is 2. The molecular formula is C24H26N4O2. The standard InChI is InChI=1S/C24H26N4O2/c1-4-5-11-28-15-25-23-20(28)24(29)27-22(26-23)19-12-16(2)21(17(3)13-19)30-14-18-9-7-6-8-10-18/h6-10,12-13,15H,4-5,11,14H2,1-3H3,(H,26,27,29). The van der Waals surface area contributed by atoms with Crippen LogP contribution in [0.3, 0.4) is 0 Å². The number of H-pyrrole nitrogens is 1. The maximum atomic E-state index is 12.7. The van der Waals surface area contributed by atoms with E-state index in [-0.39, 0.29) is 5.56 Å².